The molecule has 3 N–H and O–H groups in total. The number of anilines is 1. The molecule has 0 unspecified atom stereocenters. The van der Waals surface area contributed by atoms with E-state index in [9.17, 15) is 9.18 Å². The summed E-state index contributed by atoms with van der Waals surface area (Å²) < 4.78 is 15.1. The third-order valence-corrected chi connectivity index (χ3v) is 4.40. The highest BCUT2D eigenvalue weighted by Crippen LogP contribution is 2.18. The number of hydrogen-bond acceptors (Lipinski definition) is 5. The molecule has 138 valence electrons. The summed E-state index contributed by atoms with van der Waals surface area (Å²) in [5.41, 5.74) is 8.75. The van der Waals surface area contributed by atoms with Crippen molar-refractivity contribution in [2.45, 2.75) is 20.0 Å². The van der Waals surface area contributed by atoms with E-state index in [1.165, 1.54) is 23.2 Å². The Balaban J connectivity index is 1.58. The number of fused-ring (bicyclic) bond motifs is 2. The standard InChI is InChI=1S/C18H18FN7O/c1-3-26-16-14(24-18(26)20)6-10(8-21-16)17(27)25(2)9-15-22-12-5-4-11(19)7-13(12)23-15/h4-8H,3,9H2,1-2H3,(H2,20,24)(H,22,23). The van der Waals surface area contributed by atoms with E-state index in [4.69, 9.17) is 5.73 Å². The first-order valence-corrected chi connectivity index (χ1v) is 8.47. The Bertz CT molecular complexity index is 1160. The van der Waals surface area contributed by atoms with Gasteiger partial charge in [0, 0.05) is 19.8 Å². The average Bonchev–Trinajstić information content (AvgIpc) is 3.18. The van der Waals surface area contributed by atoms with Gasteiger partial charge in [-0.2, -0.15) is 0 Å². The number of nitrogen functional groups attached to an aromatic ring is 1. The maximum absolute atomic E-state index is 13.3. The van der Waals surface area contributed by atoms with Gasteiger partial charge in [-0.05, 0) is 31.2 Å². The second-order valence-electron chi connectivity index (χ2n) is 6.29. The van der Waals surface area contributed by atoms with Crippen molar-refractivity contribution >= 4 is 34.1 Å². The highest BCUT2D eigenvalue weighted by atomic mass is 19.1. The molecule has 0 aliphatic heterocycles. The number of benzene rings is 1. The summed E-state index contributed by atoms with van der Waals surface area (Å²) in [7, 11) is 1.67. The molecular formula is C18H18FN7O. The number of nitrogens with two attached hydrogens (primary N) is 1. The number of amides is 1. The van der Waals surface area contributed by atoms with Gasteiger partial charge in [-0.1, -0.05) is 0 Å². The van der Waals surface area contributed by atoms with Crippen molar-refractivity contribution in [2.75, 3.05) is 12.8 Å². The molecule has 0 saturated heterocycles. The van der Waals surface area contributed by atoms with E-state index in [0.29, 0.717) is 46.1 Å². The molecule has 1 aromatic carbocycles. The van der Waals surface area contributed by atoms with E-state index in [1.807, 2.05) is 6.92 Å². The second kappa shape index (κ2) is 6.35. The summed E-state index contributed by atoms with van der Waals surface area (Å²) in [5.74, 6) is 0.375. The molecule has 0 aliphatic rings. The lowest BCUT2D eigenvalue weighted by atomic mass is 10.2. The Morgan fingerprint density at radius 1 is 1.30 bits per heavy atom. The number of nitrogens with zero attached hydrogens (tertiary/aromatic N) is 5. The third-order valence-electron chi connectivity index (χ3n) is 4.40. The molecule has 1 amide bonds. The number of aryl methyl sites for hydroxylation is 1. The molecular weight excluding hydrogens is 349 g/mol. The smallest absolute Gasteiger partial charge is 0.255 e. The van der Waals surface area contributed by atoms with Crippen LogP contribution in [-0.2, 0) is 13.1 Å². The number of carbonyl (C=O) groups excluding carboxylic acids is 1. The number of hydrogen-bond donors (Lipinski definition) is 2. The summed E-state index contributed by atoms with van der Waals surface area (Å²) >= 11 is 0. The number of carbonyl (C=O) groups is 1. The van der Waals surface area contributed by atoms with Gasteiger partial charge in [0.05, 0.1) is 23.1 Å². The van der Waals surface area contributed by atoms with Gasteiger partial charge in [-0.25, -0.2) is 19.3 Å². The summed E-state index contributed by atoms with van der Waals surface area (Å²) in [4.78, 5) is 30.3. The first-order valence-electron chi connectivity index (χ1n) is 8.47. The zero-order valence-corrected chi connectivity index (χ0v) is 14.9. The van der Waals surface area contributed by atoms with Crippen LogP contribution in [0.15, 0.2) is 30.5 Å². The Morgan fingerprint density at radius 3 is 2.89 bits per heavy atom. The van der Waals surface area contributed by atoms with Crippen molar-refractivity contribution in [1.29, 1.82) is 0 Å². The van der Waals surface area contributed by atoms with E-state index in [1.54, 1.807) is 23.7 Å². The van der Waals surface area contributed by atoms with Gasteiger partial charge in [-0.3, -0.25) is 9.36 Å². The number of nitrogens with one attached hydrogen (secondary N) is 1. The number of H-pyrrole nitrogens is 1. The zero-order valence-electron chi connectivity index (χ0n) is 14.9. The number of rotatable bonds is 4. The van der Waals surface area contributed by atoms with Crippen LogP contribution in [-0.4, -0.2) is 42.4 Å². The minimum absolute atomic E-state index is 0.222. The molecule has 3 aromatic heterocycles. The number of pyridine rings is 1. The first kappa shape index (κ1) is 17.0. The predicted molar refractivity (Wildman–Crippen MR) is 99.5 cm³/mol. The fourth-order valence-electron chi connectivity index (χ4n) is 3.08. The Kier molecular flexibility index (Phi) is 3.98. The molecule has 3 heterocycles. The van der Waals surface area contributed by atoms with Crippen LogP contribution in [0, 0.1) is 5.82 Å². The number of aromatic amines is 1. The molecule has 0 spiro atoms. The molecule has 0 fully saturated rings. The monoisotopic (exact) mass is 367 g/mol. The summed E-state index contributed by atoms with van der Waals surface area (Å²) in [6.07, 6.45) is 1.52. The quantitative estimate of drug-likeness (QED) is 0.576. The molecule has 8 nitrogen and oxygen atoms in total. The van der Waals surface area contributed by atoms with Crippen molar-refractivity contribution in [3.05, 3.63) is 47.7 Å². The maximum atomic E-state index is 13.3. The number of imidazole rings is 2. The maximum Gasteiger partial charge on any atom is 0.255 e. The van der Waals surface area contributed by atoms with Gasteiger partial charge in [0.1, 0.15) is 17.2 Å². The number of halogens is 1. The zero-order chi connectivity index (χ0) is 19.1. The van der Waals surface area contributed by atoms with Gasteiger partial charge in [0.15, 0.2) is 5.65 Å². The lowest BCUT2D eigenvalue weighted by molar-refractivity contribution is 0.0781. The van der Waals surface area contributed by atoms with Crippen molar-refractivity contribution < 1.29 is 9.18 Å². The van der Waals surface area contributed by atoms with Crippen molar-refractivity contribution in [3.8, 4) is 0 Å². The predicted octanol–water partition coefficient (Wildman–Crippen LogP) is 2.32. The average molecular weight is 367 g/mol. The second-order valence-corrected chi connectivity index (χ2v) is 6.29. The van der Waals surface area contributed by atoms with Crippen LogP contribution in [0.3, 0.4) is 0 Å². The van der Waals surface area contributed by atoms with Crippen LogP contribution in [0.25, 0.3) is 22.2 Å². The van der Waals surface area contributed by atoms with Crippen LogP contribution in [0.1, 0.15) is 23.1 Å². The molecule has 4 rings (SSSR count). The number of aromatic nitrogens is 5. The summed E-state index contributed by atoms with van der Waals surface area (Å²) in [5, 5.41) is 0. The van der Waals surface area contributed by atoms with E-state index in [-0.39, 0.29) is 18.3 Å². The van der Waals surface area contributed by atoms with Crippen LogP contribution in [0.2, 0.25) is 0 Å². The third kappa shape index (κ3) is 2.97. The van der Waals surface area contributed by atoms with E-state index in [2.05, 4.69) is 19.9 Å². The fourth-order valence-corrected chi connectivity index (χ4v) is 3.08. The minimum atomic E-state index is -0.340. The Labute approximate surface area is 153 Å². The highest BCUT2D eigenvalue weighted by Gasteiger charge is 2.17. The van der Waals surface area contributed by atoms with Gasteiger partial charge in [0.2, 0.25) is 5.95 Å². The van der Waals surface area contributed by atoms with Crippen LogP contribution >= 0.6 is 0 Å². The molecule has 0 radical (unpaired) electrons. The van der Waals surface area contributed by atoms with E-state index >= 15 is 0 Å². The van der Waals surface area contributed by atoms with E-state index < -0.39 is 0 Å². The minimum Gasteiger partial charge on any atom is -0.369 e. The summed E-state index contributed by atoms with van der Waals surface area (Å²) in [6, 6.07) is 6.00. The molecule has 0 aliphatic carbocycles. The topological polar surface area (TPSA) is 106 Å². The van der Waals surface area contributed by atoms with Crippen LogP contribution in [0.4, 0.5) is 10.3 Å². The SMILES string of the molecule is CCn1c(N)nc2cc(C(=O)N(C)Cc3nc4ccc(F)cc4[nH]3)cnc21. The molecule has 4 aromatic rings. The Morgan fingerprint density at radius 2 is 2.11 bits per heavy atom. The van der Waals surface area contributed by atoms with Gasteiger partial charge in [0.25, 0.3) is 5.91 Å². The van der Waals surface area contributed by atoms with E-state index in [0.717, 1.165) is 0 Å². The first-order chi connectivity index (χ1) is 13.0. The lowest BCUT2D eigenvalue weighted by Crippen LogP contribution is -2.26. The summed E-state index contributed by atoms with van der Waals surface area (Å²) in [6.45, 7) is 2.85. The molecule has 0 atom stereocenters. The lowest BCUT2D eigenvalue weighted by Gasteiger charge is -2.15. The normalized spacial score (nSPS) is 11.4. The van der Waals surface area contributed by atoms with Gasteiger partial charge >= 0.3 is 0 Å². The van der Waals surface area contributed by atoms with Crippen molar-refractivity contribution in [3.63, 3.8) is 0 Å². The molecule has 0 bridgehead atoms. The molecule has 9 heteroatoms. The molecule has 27 heavy (non-hydrogen) atoms. The van der Waals surface area contributed by atoms with Gasteiger partial charge < -0.3 is 15.6 Å². The fraction of sp³-hybridized carbons (Fsp3) is 0.222. The van der Waals surface area contributed by atoms with Crippen LogP contribution < -0.4 is 5.73 Å². The molecule has 0 saturated carbocycles. The van der Waals surface area contributed by atoms with Crippen molar-refractivity contribution in [1.82, 2.24) is 29.4 Å². The largest absolute Gasteiger partial charge is 0.369 e. The van der Waals surface area contributed by atoms with Crippen molar-refractivity contribution in [2.24, 2.45) is 0 Å². The van der Waals surface area contributed by atoms with Crippen LogP contribution in [0.5, 0.6) is 0 Å². The van der Waals surface area contributed by atoms with Gasteiger partial charge in [-0.15, -0.1) is 0 Å². The highest BCUT2D eigenvalue weighted by molar-refractivity contribution is 5.96. The Hall–Kier alpha value is -3.49.